The first-order valence-corrected chi connectivity index (χ1v) is 6.86. The molecule has 0 saturated carbocycles. The number of furan rings is 1. The minimum atomic E-state index is -1.45. The van der Waals surface area contributed by atoms with Crippen molar-refractivity contribution in [1.29, 1.82) is 0 Å². The molecule has 6 nitrogen and oxygen atoms in total. The fourth-order valence-electron chi connectivity index (χ4n) is 2.73. The lowest BCUT2D eigenvalue weighted by molar-refractivity contribution is -0.137. The molecule has 0 saturated heterocycles. The van der Waals surface area contributed by atoms with E-state index in [1.165, 1.54) is 5.56 Å². The van der Waals surface area contributed by atoms with Crippen LogP contribution in [-0.2, 0) is 16.0 Å². The summed E-state index contributed by atoms with van der Waals surface area (Å²) in [6.45, 7) is 0. The molecule has 0 atom stereocenters. The second kappa shape index (κ2) is 4.61. The Bertz CT molecular complexity index is 1020. The van der Waals surface area contributed by atoms with Crippen molar-refractivity contribution < 1.29 is 29.0 Å². The molecule has 0 radical (unpaired) electrons. The van der Waals surface area contributed by atoms with Crippen molar-refractivity contribution in [3.05, 3.63) is 53.3 Å². The first-order valence-electron chi connectivity index (χ1n) is 6.86. The fraction of sp³-hybridized carbons (Fsp3) is 0.0588. The quantitative estimate of drug-likeness (QED) is 0.444. The summed E-state index contributed by atoms with van der Waals surface area (Å²) >= 11 is 0. The van der Waals surface area contributed by atoms with Crippen LogP contribution in [-0.4, -0.2) is 22.2 Å². The average molecular weight is 310 g/mol. The Balaban J connectivity index is 1.92. The highest BCUT2D eigenvalue weighted by molar-refractivity contribution is 6.12. The molecule has 2 aromatic carbocycles. The predicted molar refractivity (Wildman–Crippen MR) is 80.5 cm³/mol. The second-order valence-corrected chi connectivity index (χ2v) is 5.24. The van der Waals surface area contributed by atoms with Crippen LogP contribution < -0.4 is 4.74 Å². The molecule has 0 aliphatic heterocycles. The van der Waals surface area contributed by atoms with E-state index >= 15 is 0 Å². The van der Waals surface area contributed by atoms with Crippen molar-refractivity contribution in [2.75, 3.05) is 0 Å². The van der Waals surface area contributed by atoms with E-state index in [2.05, 4.69) is 0 Å². The van der Waals surface area contributed by atoms with Gasteiger partial charge in [0.15, 0.2) is 0 Å². The summed E-state index contributed by atoms with van der Waals surface area (Å²) in [5.74, 6) is -3.24. The number of aliphatic carboxylic acids is 2. The summed E-state index contributed by atoms with van der Waals surface area (Å²) in [6.07, 6.45) is 1.39. The van der Waals surface area contributed by atoms with E-state index < -0.39 is 17.7 Å². The lowest BCUT2D eigenvalue weighted by Crippen LogP contribution is -2.10. The Kier molecular flexibility index (Phi) is 2.68. The van der Waals surface area contributed by atoms with E-state index in [9.17, 15) is 9.59 Å². The Morgan fingerprint density at radius 2 is 1.87 bits per heavy atom. The molecule has 0 bridgehead atoms. The van der Waals surface area contributed by atoms with Crippen LogP contribution in [0.1, 0.15) is 11.1 Å². The highest BCUT2D eigenvalue weighted by atomic mass is 16.5. The van der Waals surface area contributed by atoms with Crippen molar-refractivity contribution in [2.24, 2.45) is 0 Å². The lowest BCUT2D eigenvalue weighted by Gasteiger charge is -2.06. The number of benzene rings is 2. The smallest absolute Gasteiger partial charge is 0.372 e. The van der Waals surface area contributed by atoms with Crippen molar-refractivity contribution in [3.63, 3.8) is 0 Å². The van der Waals surface area contributed by atoms with Crippen LogP contribution in [0, 0.1) is 0 Å². The van der Waals surface area contributed by atoms with Gasteiger partial charge in [0.2, 0.25) is 5.76 Å². The van der Waals surface area contributed by atoms with E-state index in [0.717, 1.165) is 17.4 Å². The van der Waals surface area contributed by atoms with Gasteiger partial charge < -0.3 is 19.4 Å². The van der Waals surface area contributed by atoms with Gasteiger partial charge in [0.1, 0.15) is 16.9 Å². The van der Waals surface area contributed by atoms with E-state index in [-0.39, 0.29) is 5.75 Å². The van der Waals surface area contributed by atoms with Crippen LogP contribution in [0.25, 0.3) is 21.9 Å². The average Bonchev–Trinajstić information content (AvgIpc) is 3.18. The summed E-state index contributed by atoms with van der Waals surface area (Å²) in [7, 11) is 0. The number of fused-ring (bicyclic) bond motifs is 5. The van der Waals surface area contributed by atoms with Gasteiger partial charge in [-0.3, -0.25) is 0 Å². The molecule has 0 unspecified atom stereocenters. The van der Waals surface area contributed by atoms with Crippen molar-refractivity contribution >= 4 is 33.9 Å². The summed E-state index contributed by atoms with van der Waals surface area (Å²) < 4.78 is 11.1. The SMILES string of the molecule is O=C(O)C=C(Oc1cccc2oc3ccc4c(c3c12)C4)C(=O)O. The molecule has 2 N–H and O–H groups in total. The number of carboxylic acid groups (broad SMARTS) is 2. The Labute approximate surface area is 129 Å². The van der Waals surface area contributed by atoms with E-state index in [1.807, 2.05) is 12.1 Å². The lowest BCUT2D eigenvalue weighted by atomic mass is 10.1. The number of rotatable bonds is 4. The van der Waals surface area contributed by atoms with Crippen molar-refractivity contribution in [1.82, 2.24) is 0 Å². The summed E-state index contributed by atoms with van der Waals surface area (Å²) in [4.78, 5) is 21.9. The van der Waals surface area contributed by atoms with Crippen LogP contribution in [0.2, 0.25) is 0 Å². The first kappa shape index (κ1) is 13.4. The zero-order valence-corrected chi connectivity index (χ0v) is 11.7. The van der Waals surface area contributed by atoms with Crippen LogP contribution in [0.4, 0.5) is 0 Å². The van der Waals surface area contributed by atoms with Gasteiger partial charge in [-0.25, -0.2) is 9.59 Å². The molecule has 3 aromatic rings. The molecule has 1 aliphatic carbocycles. The van der Waals surface area contributed by atoms with Gasteiger partial charge in [-0.05, 0) is 35.7 Å². The van der Waals surface area contributed by atoms with Crippen molar-refractivity contribution in [3.8, 4) is 5.75 Å². The minimum Gasteiger partial charge on any atom is -0.478 e. The predicted octanol–water partition coefficient (Wildman–Crippen LogP) is 2.92. The third kappa shape index (κ3) is 2.12. The summed E-state index contributed by atoms with van der Waals surface area (Å²) in [6, 6.07) is 8.89. The molecule has 114 valence electrons. The summed E-state index contributed by atoms with van der Waals surface area (Å²) in [5, 5.41) is 19.4. The standard InChI is InChI=1S/C17H10O6/c18-14(19)7-13(17(20)21)23-11-3-1-2-10-16(11)15-9-6-8(9)4-5-12(15)22-10/h1-5,7H,6H2,(H,18,19)(H,20,21). The number of carbonyl (C=O) groups is 2. The zero-order valence-electron chi connectivity index (χ0n) is 11.7. The highest BCUT2D eigenvalue weighted by Crippen LogP contribution is 2.44. The molecule has 1 aliphatic rings. The third-order valence-corrected chi connectivity index (χ3v) is 3.76. The van der Waals surface area contributed by atoms with Gasteiger partial charge in [0.05, 0.1) is 11.5 Å². The molecule has 4 rings (SSSR count). The Morgan fingerprint density at radius 3 is 2.61 bits per heavy atom. The molecule has 0 amide bonds. The zero-order chi connectivity index (χ0) is 16.1. The van der Waals surface area contributed by atoms with E-state index in [4.69, 9.17) is 19.4 Å². The molecule has 1 heterocycles. The largest absolute Gasteiger partial charge is 0.478 e. The monoisotopic (exact) mass is 310 g/mol. The molecule has 0 fully saturated rings. The number of hydrogen-bond acceptors (Lipinski definition) is 4. The van der Waals surface area contributed by atoms with Gasteiger partial charge in [0, 0.05) is 5.39 Å². The Hall–Kier alpha value is -3.28. The van der Waals surface area contributed by atoms with Gasteiger partial charge in [0.25, 0.3) is 0 Å². The molecule has 23 heavy (non-hydrogen) atoms. The van der Waals surface area contributed by atoms with Crippen LogP contribution >= 0.6 is 0 Å². The molecule has 0 spiro atoms. The summed E-state index contributed by atoms with van der Waals surface area (Å²) in [5.41, 5.74) is 3.63. The topological polar surface area (TPSA) is 97.0 Å². The van der Waals surface area contributed by atoms with Gasteiger partial charge >= 0.3 is 11.9 Å². The Morgan fingerprint density at radius 1 is 1.09 bits per heavy atom. The molecule has 6 heteroatoms. The third-order valence-electron chi connectivity index (χ3n) is 3.76. The molecule has 1 aromatic heterocycles. The highest BCUT2D eigenvalue weighted by Gasteiger charge is 2.26. The first-order chi connectivity index (χ1) is 11.0. The van der Waals surface area contributed by atoms with Gasteiger partial charge in [-0.2, -0.15) is 0 Å². The normalized spacial score (nSPS) is 13.1. The van der Waals surface area contributed by atoms with Crippen LogP contribution in [0.3, 0.4) is 0 Å². The van der Waals surface area contributed by atoms with E-state index in [0.29, 0.717) is 22.6 Å². The van der Waals surface area contributed by atoms with Gasteiger partial charge in [-0.1, -0.05) is 12.1 Å². The maximum Gasteiger partial charge on any atom is 0.372 e. The maximum absolute atomic E-state index is 11.2. The van der Waals surface area contributed by atoms with Gasteiger partial charge in [-0.15, -0.1) is 0 Å². The second-order valence-electron chi connectivity index (χ2n) is 5.24. The number of ether oxygens (including phenoxy) is 1. The van der Waals surface area contributed by atoms with E-state index in [1.54, 1.807) is 18.2 Å². The van der Waals surface area contributed by atoms with Crippen LogP contribution in [0.5, 0.6) is 5.75 Å². The molecular weight excluding hydrogens is 300 g/mol. The minimum absolute atomic E-state index is 0.261. The number of carboxylic acids is 2. The number of hydrogen-bond donors (Lipinski definition) is 2. The van der Waals surface area contributed by atoms with Crippen molar-refractivity contribution in [2.45, 2.75) is 6.42 Å². The molecular formula is C17H10O6. The van der Waals surface area contributed by atoms with Crippen LogP contribution in [0.15, 0.2) is 46.6 Å². The maximum atomic E-state index is 11.2. The fourth-order valence-corrected chi connectivity index (χ4v) is 2.73.